The predicted octanol–water partition coefficient (Wildman–Crippen LogP) is 0.950. The summed E-state index contributed by atoms with van der Waals surface area (Å²) in [6.45, 7) is 1.85. The summed E-state index contributed by atoms with van der Waals surface area (Å²) in [6.07, 6.45) is 2.91. The van der Waals surface area contributed by atoms with Crippen LogP contribution in [0.4, 0.5) is 5.82 Å². The van der Waals surface area contributed by atoms with Crippen molar-refractivity contribution in [1.82, 2.24) is 14.5 Å². The highest BCUT2D eigenvalue weighted by atomic mass is 32.1. The number of nitrogens with two attached hydrogens (primary N) is 1. The van der Waals surface area contributed by atoms with E-state index in [0.717, 1.165) is 0 Å². The number of ether oxygens (including phenoxy) is 1. The minimum atomic E-state index is -1.28. The molecule has 1 aliphatic rings. The zero-order valence-corrected chi connectivity index (χ0v) is 15.9. The van der Waals surface area contributed by atoms with E-state index in [1.54, 1.807) is 35.4 Å². The molecule has 3 aromatic heterocycles. The maximum absolute atomic E-state index is 12.6. The smallest absolute Gasteiger partial charge is 0.341 e. The summed E-state index contributed by atoms with van der Waals surface area (Å²) >= 11 is 1.33. The predicted molar refractivity (Wildman–Crippen MR) is 106 cm³/mol. The lowest BCUT2D eigenvalue weighted by Gasteiger charge is -2.18. The second kappa shape index (κ2) is 7.30. The summed E-state index contributed by atoms with van der Waals surface area (Å²) < 4.78 is 7.07. The van der Waals surface area contributed by atoms with Crippen LogP contribution >= 0.6 is 11.3 Å². The number of aromatic nitrogens is 3. The van der Waals surface area contributed by atoms with Crippen molar-refractivity contribution in [2.24, 2.45) is 11.7 Å². The third-order valence-corrected chi connectivity index (χ3v) is 5.77. The van der Waals surface area contributed by atoms with Crippen molar-refractivity contribution in [1.29, 1.82) is 0 Å². The van der Waals surface area contributed by atoms with Crippen molar-refractivity contribution in [3.8, 4) is 5.13 Å². The molecule has 0 aromatic carbocycles. The maximum atomic E-state index is 12.6. The molecule has 1 fully saturated rings. The largest absolute Gasteiger partial charge is 0.477 e. The van der Waals surface area contributed by atoms with Gasteiger partial charge in [-0.25, -0.2) is 14.8 Å². The summed E-state index contributed by atoms with van der Waals surface area (Å²) in [4.78, 5) is 35.1. The number of hydrogen-bond acceptors (Lipinski definition) is 8. The third-order valence-electron chi connectivity index (χ3n) is 5.00. The van der Waals surface area contributed by atoms with Crippen LogP contribution in [-0.2, 0) is 4.74 Å². The van der Waals surface area contributed by atoms with Crippen molar-refractivity contribution in [2.45, 2.75) is 6.10 Å². The summed E-state index contributed by atoms with van der Waals surface area (Å²) in [5.74, 6) is -0.411. The van der Waals surface area contributed by atoms with Crippen molar-refractivity contribution < 1.29 is 14.6 Å². The van der Waals surface area contributed by atoms with Gasteiger partial charge in [-0.15, -0.1) is 11.3 Å². The molecule has 0 radical (unpaired) electrons. The number of rotatable bonds is 5. The molecule has 0 aliphatic carbocycles. The molecule has 0 saturated carbocycles. The van der Waals surface area contributed by atoms with Gasteiger partial charge in [0.25, 0.3) is 0 Å². The number of carboxylic acid groups (broad SMARTS) is 1. The molecule has 0 amide bonds. The molecule has 2 atom stereocenters. The quantitative estimate of drug-likeness (QED) is 0.648. The fourth-order valence-corrected chi connectivity index (χ4v) is 4.14. The molecule has 146 valence electrons. The van der Waals surface area contributed by atoms with Crippen LogP contribution in [0.1, 0.15) is 10.4 Å². The first-order chi connectivity index (χ1) is 13.5. The Hall–Kier alpha value is -2.82. The van der Waals surface area contributed by atoms with Crippen LogP contribution in [0, 0.1) is 5.92 Å². The van der Waals surface area contributed by atoms with E-state index in [2.05, 4.69) is 14.9 Å². The van der Waals surface area contributed by atoms with Gasteiger partial charge in [0.1, 0.15) is 11.4 Å². The standard InChI is InChI=1S/C18H19N5O4S/c1-27-13-9-22(7-10(13)6-19)14-3-2-11-15(24)12(17(25)26)8-23(16(11)21-14)18-20-4-5-28-18/h2-5,8,10,13H,6-7,9,19H2,1H3,(H,25,26)/t10-,13-/m0/s1. The highest BCUT2D eigenvalue weighted by Crippen LogP contribution is 2.26. The second-order valence-electron chi connectivity index (χ2n) is 6.58. The molecule has 9 nitrogen and oxygen atoms in total. The number of carboxylic acids is 1. The molecule has 1 aliphatic heterocycles. The van der Waals surface area contributed by atoms with Gasteiger partial charge in [-0.2, -0.15) is 0 Å². The Labute approximate surface area is 164 Å². The molecule has 28 heavy (non-hydrogen) atoms. The highest BCUT2D eigenvalue weighted by Gasteiger charge is 2.33. The summed E-state index contributed by atoms with van der Waals surface area (Å²) in [7, 11) is 1.66. The van der Waals surface area contributed by atoms with Gasteiger partial charge < -0.3 is 20.5 Å². The number of hydrogen-bond donors (Lipinski definition) is 2. The van der Waals surface area contributed by atoms with Crippen molar-refractivity contribution in [2.75, 3.05) is 31.6 Å². The number of aromatic carboxylic acids is 1. The van der Waals surface area contributed by atoms with E-state index in [-0.39, 0.29) is 23.0 Å². The fraction of sp³-hybridized carbons (Fsp3) is 0.333. The van der Waals surface area contributed by atoms with Gasteiger partial charge in [-0.05, 0) is 18.7 Å². The SMILES string of the molecule is CO[C@H]1CN(c2ccc3c(=O)c(C(=O)O)cn(-c4nccs4)c3n2)C[C@@H]1CN. The van der Waals surface area contributed by atoms with Gasteiger partial charge in [0.15, 0.2) is 10.8 Å². The van der Waals surface area contributed by atoms with E-state index in [9.17, 15) is 14.7 Å². The first-order valence-electron chi connectivity index (χ1n) is 8.71. The molecule has 3 N–H and O–H groups in total. The van der Waals surface area contributed by atoms with Gasteiger partial charge in [-0.1, -0.05) is 0 Å². The van der Waals surface area contributed by atoms with Gasteiger partial charge in [0.2, 0.25) is 5.43 Å². The van der Waals surface area contributed by atoms with E-state index >= 15 is 0 Å². The number of fused-ring (bicyclic) bond motifs is 1. The van der Waals surface area contributed by atoms with Gasteiger partial charge >= 0.3 is 5.97 Å². The number of carbonyl (C=O) groups is 1. The molecule has 0 unspecified atom stereocenters. The number of thiazole rings is 1. The summed E-state index contributed by atoms with van der Waals surface area (Å²) in [5.41, 5.74) is 5.33. The Morgan fingerprint density at radius 3 is 2.86 bits per heavy atom. The molecule has 3 aromatic rings. The van der Waals surface area contributed by atoms with E-state index in [4.69, 9.17) is 10.5 Å². The Morgan fingerprint density at radius 1 is 1.43 bits per heavy atom. The first-order valence-corrected chi connectivity index (χ1v) is 9.58. The number of pyridine rings is 2. The lowest BCUT2D eigenvalue weighted by molar-refractivity contribution is 0.0695. The molecule has 4 heterocycles. The Bertz CT molecular complexity index is 1070. The average Bonchev–Trinajstić information content (AvgIpc) is 3.37. The molecular weight excluding hydrogens is 382 g/mol. The summed E-state index contributed by atoms with van der Waals surface area (Å²) in [5, 5.41) is 11.9. The van der Waals surface area contributed by atoms with Crippen LogP contribution < -0.4 is 16.1 Å². The fourth-order valence-electron chi connectivity index (χ4n) is 3.52. The second-order valence-corrected chi connectivity index (χ2v) is 7.45. The molecular formula is C18H19N5O4S. The number of nitrogens with zero attached hydrogens (tertiary/aromatic N) is 4. The van der Waals surface area contributed by atoms with E-state index in [1.807, 2.05) is 0 Å². The van der Waals surface area contributed by atoms with E-state index in [1.165, 1.54) is 17.5 Å². The van der Waals surface area contributed by atoms with Gasteiger partial charge in [0, 0.05) is 43.9 Å². The zero-order valence-electron chi connectivity index (χ0n) is 15.1. The molecule has 1 saturated heterocycles. The van der Waals surface area contributed by atoms with Crippen LogP contribution in [-0.4, -0.2) is 58.5 Å². The van der Waals surface area contributed by atoms with Crippen LogP contribution in [0.5, 0.6) is 0 Å². The topological polar surface area (TPSA) is 124 Å². The van der Waals surface area contributed by atoms with Crippen molar-refractivity contribution in [3.05, 3.63) is 45.7 Å². The molecule has 0 bridgehead atoms. The van der Waals surface area contributed by atoms with Crippen molar-refractivity contribution >= 4 is 34.2 Å². The zero-order chi connectivity index (χ0) is 19.8. The van der Waals surface area contributed by atoms with Crippen LogP contribution in [0.2, 0.25) is 0 Å². The van der Waals surface area contributed by atoms with Gasteiger partial charge in [-0.3, -0.25) is 9.36 Å². The molecule has 0 spiro atoms. The molecule has 10 heteroatoms. The lowest BCUT2D eigenvalue weighted by Crippen LogP contribution is -2.27. The number of anilines is 1. The number of methoxy groups -OCH3 is 1. The Morgan fingerprint density at radius 2 is 2.25 bits per heavy atom. The lowest BCUT2D eigenvalue weighted by atomic mass is 10.1. The minimum Gasteiger partial charge on any atom is -0.477 e. The highest BCUT2D eigenvalue weighted by molar-refractivity contribution is 7.12. The average molecular weight is 401 g/mol. The third kappa shape index (κ3) is 3.05. The minimum absolute atomic E-state index is 0.0121. The Kier molecular flexibility index (Phi) is 4.84. The van der Waals surface area contributed by atoms with Gasteiger partial charge in [0.05, 0.1) is 11.5 Å². The van der Waals surface area contributed by atoms with E-state index in [0.29, 0.717) is 36.2 Å². The van der Waals surface area contributed by atoms with Crippen LogP contribution in [0.25, 0.3) is 16.2 Å². The van der Waals surface area contributed by atoms with Crippen LogP contribution in [0.3, 0.4) is 0 Å². The maximum Gasteiger partial charge on any atom is 0.341 e. The Balaban J connectivity index is 1.87. The van der Waals surface area contributed by atoms with Crippen LogP contribution in [0.15, 0.2) is 34.7 Å². The normalized spacial score (nSPS) is 19.4. The van der Waals surface area contributed by atoms with Crippen molar-refractivity contribution in [3.63, 3.8) is 0 Å². The monoisotopic (exact) mass is 401 g/mol. The first kappa shape index (κ1) is 18.5. The summed E-state index contributed by atoms with van der Waals surface area (Å²) in [6, 6.07) is 3.35. The van der Waals surface area contributed by atoms with E-state index < -0.39 is 11.4 Å². The molecule has 4 rings (SSSR count).